The van der Waals surface area contributed by atoms with Gasteiger partial charge in [0, 0.05) is 0 Å². The Labute approximate surface area is 174 Å². The van der Waals surface area contributed by atoms with E-state index in [1.807, 2.05) is 37.3 Å². The summed E-state index contributed by atoms with van der Waals surface area (Å²) in [7, 11) is 0. The van der Waals surface area contributed by atoms with Crippen LogP contribution in [0, 0.1) is 12.8 Å². The summed E-state index contributed by atoms with van der Waals surface area (Å²) < 4.78 is 1.68. The van der Waals surface area contributed by atoms with Gasteiger partial charge in [0.2, 0.25) is 0 Å². The van der Waals surface area contributed by atoms with E-state index in [1.165, 1.54) is 6.21 Å². The van der Waals surface area contributed by atoms with Gasteiger partial charge in [-0.1, -0.05) is 48.9 Å². The Kier molecular flexibility index (Phi) is 5.17. The molecule has 1 aromatic carbocycles. The van der Waals surface area contributed by atoms with Crippen LogP contribution < -0.4 is 5.32 Å². The summed E-state index contributed by atoms with van der Waals surface area (Å²) in [5, 5.41) is 12.9. The molecule has 2 fully saturated rings. The number of benzene rings is 1. The van der Waals surface area contributed by atoms with Crippen molar-refractivity contribution in [2.45, 2.75) is 51.6 Å². The van der Waals surface area contributed by atoms with Crippen molar-refractivity contribution in [1.29, 1.82) is 0 Å². The minimum Gasteiger partial charge on any atom is -0.321 e. The third-order valence-corrected chi connectivity index (χ3v) is 6.25. The van der Waals surface area contributed by atoms with E-state index in [4.69, 9.17) is 11.6 Å². The van der Waals surface area contributed by atoms with E-state index in [0.29, 0.717) is 41.7 Å². The Morgan fingerprint density at radius 3 is 2.66 bits per heavy atom. The number of aromatic nitrogens is 2. The zero-order chi connectivity index (χ0) is 20.6. The van der Waals surface area contributed by atoms with Crippen molar-refractivity contribution in [1.82, 2.24) is 20.1 Å². The van der Waals surface area contributed by atoms with Crippen LogP contribution in [-0.2, 0) is 11.3 Å². The molecule has 1 saturated carbocycles. The molecule has 152 valence electrons. The molecule has 1 N–H and O–H groups in total. The topological polar surface area (TPSA) is 79.6 Å². The standard InChI is InChI=1S/C21H24ClN5O2/c1-14-8-10-21(11-9-14)19(28)27(20(29)24-21)23-12-17-15(2)25-26(18(17)22)13-16-6-4-3-5-7-16/h3-7,12,14H,8-11,13H2,1-2H3,(H,24,29). The number of hydrazone groups is 1. The fraction of sp³-hybridized carbons (Fsp3) is 0.429. The lowest BCUT2D eigenvalue weighted by atomic mass is 9.77. The van der Waals surface area contributed by atoms with Crippen LogP contribution in [0.25, 0.3) is 0 Å². The monoisotopic (exact) mass is 413 g/mol. The van der Waals surface area contributed by atoms with Crippen LogP contribution in [0.3, 0.4) is 0 Å². The maximum Gasteiger partial charge on any atom is 0.346 e. The van der Waals surface area contributed by atoms with Gasteiger partial charge in [-0.3, -0.25) is 4.79 Å². The predicted octanol–water partition coefficient (Wildman–Crippen LogP) is 3.73. The molecule has 2 aromatic rings. The number of imide groups is 1. The van der Waals surface area contributed by atoms with Gasteiger partial charge in [0.05, 0.1) is 24.0 Å². The number of nitrogens with zero attached hydrogens (tertiary/aromatic N) is 4. The van der Waals surface area contributed by atoms with Crippen LogP contribution in [0.15, 0.2) is 35.4 Å². The Bertz CT molecular complexity index is 961. The lowest BCUT2D eigenvalue weighted by molar-refractivity contribution is -0.132. The summed E-state index contributed by atoms with van der Waals surface area (Å²) in [5.74, 6) is 0.288. The zero-order valence-corrected chi connectivity index (χ0v) is 17.3. The van der Waals surface area contributed by atoms with E-state index in [1.54, 1.807) is 4.68 Å². The van der Waals surface area contributed by atoms with Crippen LogP contribution in [0.4, 0.5) is 4.79 Å². The maximum absolute atomic E-state index is 12.9. The Morgan fingerprint density at radius 2 is 1.97 bits per heavy atom. The minimum absolute atomic E-state index is 0.281. The summed E-state index contributed by atoms with van der Waals surface area (Å²) in [4.78, 5) is 25.3. The van der Waals surface area contributed by atoms with Crippen molar-refractivity contribution in [3.05, 3.63) is 52.3 Å². The summed E-state index contributed by atoms with van der Waals surface area (Å²) in [6.45, 7) is 4.52. The van der Waals surface area contributed by atoms with E-state index in [2.05, 4.69) is 22.4 Å². The van der Waals surface area contributed by atoms with Crippen LogP contribution in [0.5, 0.6) is 0 Å². The molecule has 4 rings (SSSR count). The first-order valence-electron chi connectivity index (χ1n) is 9.87. The van der Waals surface area contributed by atoms with Crippen molar-refractivity contribution in [2.24, 2.45) is 11.0 Å². The fourth-order valence-corrected chi connectivity index (χ4v) is 4.28. The van der Waals surface area contributed by atoms with E-state index >= 15 is 0 Å². The number of carbonyl (C=O) groups excluding carboxylic acids is 2. The highest BCUT2D eigenvalue weighted by Crippen LogP contribution is 2.36. The number of amides is 3. The van der Waals surface area contributed by atoms with Gasteiger partial charge in [-0.25, -0.2) is 9.48 Å². The zero-order valence-electron chi connectivity index (χ0n) is 16.6. The normalized spacial score (nSPS) is 24.7. The van der Waals surface area contributed by atoms with E-state index in [0.717, 1.165) is 23.4 Å². The average Bonchev–Trinajstić information content (AvgIpc) is 3.10. The lowest BCUT2D eigenvalue weighted by Crippen LogP contribution is -2.49. The van der Waals surface area contributed by atoms with E-state index in [-0.39, 0.29) is 5.91 Å². The highest BCUT2D eigenvalue weighted by Gasteiger charge is 2.52. The minimum atomic E-state index is -0.808. The molecule has 0 atom stereocenters. The molecule has 3 amide bonds. The Hall–Kier alpha value is -2.67. The smallest absolute Gasteiger partial charge is 0.321 e. The van der Waals surface area contributed by atoms with Gasteiger partial charge in [0.1, 0.15) is 10.7 Å². The molecular weight excluding hydrogens is 390 g/mol. The molecule has 2 aliphatic rings. The van der Waals surface area contributed by atoms with Gasteiger partial charge >= 0.3 is 6.03 Å². The first-order valence-corrected chi connectivity index (χ1v) is 10.2. The van der Waals surface area contributed by atoms with Crippen LogP contribution in [0.1, 0.15) is 49.4 Å². The van der Waals surface area contributed by atoms with Crippen molar-refractivity contribution < 1.29 is 9.59 Å². The largest absolute Gasteiger partial charge is 0.346 e. The van der Waals surface area contributed by atoms with Crippen LogP contribution >= 0.6 is 11.6 Å². The molecule has 29 heavy (non-hydrogen) atoms. The molecule has 0 unspecified atom stereocenters. The molecule has 1 aliphatic carbocycles. The summed E-state index contributed by atoms with van der Waals surface area (Å²) in [6, 6.07) is 9.39. The molecule has 1 aromatic heterocycles. The van der Waals surface area contributed by atoms with Gasteiger partial charge in [0.25, 0.3) is 5.91 Å². The third-order valence-electron chi connectivity index (χ3n) is 5.85. The lowest BCUT2D eigenvalue weighted by Gasteiger charge is -2.33. The molecular formula is C21H24ClN5O2. The van der Waals surface area contributed by atoms with E-state index in [9.17, 15) is 9.59 Å². The Balaban J connectivity index is 1.53. The average molecular weight is 414 g/mol. The number of rotatable bonds is 4. The van der Waals surface area contributed by atoms with Crippen molar-refractivity contribution in [3.63, 3.8) is 0 Å². The number of aryl methyl sites for hydroxylation is 1. The number of carbonyl (C=O) groups is 2. The van der Waals surface area contributed by atoms with Gasteiger partial charge < -0.3 is 5.32 Å². The first-order chi connectivity index (χ1) is 13.9. The molecule has 2 heterocycles. The summed E-state index contributed by atoms with van der Waals surface area (Å²) in [6.07, 6.45) is 4.59. The van der Waals surface area contributed by atoms with Gasteiger partial charge in [-0.2, -0.15) is 10.2 Å². The number of urea groups is 1. The number of nitrogens with one attached hydrogen (secondary N) is 1. The molecule has 8 heteroatoms. The molecule has 0 radical (unpaired) electrons. The van der Waals surface area contributed by atoms with Gasteiger partial charge in [0.15, 0.2) is 0 Å². The SMILES string of the molecule is Cc1nn(Cc2ccccc2)c(Cl)c1C=NN1C(=O)NC2(CCC(C)CC2)C1=O. The maximum atomic E-state index is 12.9. The molecule has 1 spiro atoms. The fourth-order valence-electron chi connectivity index (χ4n) is 4.00. The van der Waals surface area contributed by atoms with Crippen molar-refractivity contribution in [2.75, 3.05) is 0 Å². The molecule has 0 bridgehead atoms. The Morgan fingerprint density at radius 1 is 1.28 bits per heavy atom. The summed E-state index contributed by atoms with van der Waals surface area (Å²) >= 11 is 6.50. The third kappa shape index (κ3) is 3.67. The quantitative estimate of drug-likeness (QED) is 0.612. The van der Waals surface area contributed by atoms with E-state index < -0.39 is 11.6 Å². The first kappa shape index (κ1) is 19.6. The number of halogens is 1. The molecule has 7 nitrogen and oxygen atoms in total. The predicted molar refractivity (Wildman–Crippen MR) is 111 cm³/mol. The second-order valence-electron chi connectivity index (χ2n) is 7.99. The highest BCUT2D eigenvalue weighted by molar-refractivity contribution is 6.32. The van der Waals surface area contributed by atoms with Gasteiger partial charge in [-0.05, 0) is 44.1 Å². The second-order valence-corrected chi connectivity index (χ2v) is 8.35. The molecule has 1 saturated heterocycles. The number of hydrogen-bond donors (Lipinski definition) is 1. The van der Waals surface area contributed by atoms with Crippen molar-refractivity contribution in [3.8, 4) is 0 Å². The van der Waals surface area contributed by atoms with Crippen LogP contribution in [0.2, 0.25) is 5.15 Å². The molecule has 1 aliphatic heterocycles. The van der Waals surface area contributed by atoms with Crippen LogP contribution in [-0.4, -0.2) is 38.5 Å². The highest BCUT2D eigenvalue weighted by atomic mass is 35.5. The summed E-state index contributed by atoms with van der Waals surface area (Å²) in [5.41, 5.74) is 1.55. The van der Waals surface area contributed by atoms with Gasteiger partial charge in [-0.15, -0.1) is 5.01 Å². The van der Waals surface area contributed by atoms with Crippen molar-refractivity contribution >= 4 is 29.8 Å². The second kappa shape index (κ2) is 7.63. The number of hydrogen-bond acceptors (Lipinski definition) is 4.